The van der Waals surface area contributed by atoms with Gasteiger partial charge in [0.2, 0.25) is 15.9 Å². The average molecular weight is 685 g/mol. The van der Waals surface area contributed by atoms with Gasteiger partial charge in [0.25, 0.3) is 5.91 Å². The zero-order valence-electron chi connectivity index (χ0n) is 26.7. The van der Waals surface area contributed by atoms with E-state index in [1.54, 1.807) is 11.8 Å². The number of allylic oxidation sites excluding steroid dienone is 4. The van der Waals surface area contributed by atoms with Crippen LogP contribution in [0.4, 0.5) is 13.2 Å². The molecule has 3 aliphatic carbocycles. The van der Waals surface area contributed by atoms with Crippen LogP contribution in [-0.4, -0.2) is 73.9 Å². The second-order valence-electron chi connectivity index (χ2n) is 14.1. The van der Waals surface area contributed by atoms with Crippen molar-refractivity contribution >= 4 is 32.7 Å². The van der Waals surface area contributed by atoms with Gasteiger partial charge in [-0.3, -0.25) is 9.59 Å². The Labute approximate surface area is 277 Å². The van der Waals surface area contributed by atoms with Crippen LogP contribution in [0, 0.1) is 5.92 Å². The van der Waals surface area contributed by atoms with Crippen molar-refractivity contribution in [3.63, 3.8) is 0 Å². The van der Waals surface area contributed by atoms with Gasteiger partial charge in [-0.15, -0.1) is 0 Å². The van der Waals surface area contributed by atoms with Crippen LogP contribution in [0.1, 0.15) is 74.5 Å². The van der Waals surface area contributed by atoms with Crippen molar-refractivity contribution in [1.29, 1.82) is 0 Å². The molecule has 0 spiro atoms. The standard InChI is InChI=1S/C35H39F3N4O5S/c1-47-28-13-12-22(19-6-3-2-4-7-19)32-25(28)14-27-29-23(8-5-9-24(29)34(44)41-16-20-10-11-21(41)15-39-20)30-26(17-42(27)32)31(30)33(43)40-48(45,46)18-35(36,37)38/h5,8,12-14,19-21,24,29,39H,2-4,6-7,9-11,15-18H2,1H3,(H,40,43)/t20?,21?,24-,29?/m1/s1. The molecular weight excluding hydrogens is 645 g/mol. The number of hydrogen-bond acceptors (Lipinski definition) is 6. The third-order valence-electron chi connectivity index (χ3n) is 11.3. The molecule has 2 bridgehead atoms. The van der Waals surface area contributed by atoms with Crippen LogP contribution < -0.4 is 14.8 Å². The average Bonchev–Trinajstić information content (AvgIpc) is 3.69. The maximum atomic E-state index is 14.6. The summed E-state index contributed by atoms with van der Waals surface area (Å²) in [6.45, 7) is 1.62. The lowest BCUT2D eigenvalue weighted by Gasteiger charge is -2.48. The lowest BCUT2D eigenvalue weighted by Crippen LogP contribution is -2.63. The van der Waals surface area contributed by atoms with E-state index in [4.69, 9.17) is 4.74 Å². The zero-order chi connectivity index (χ0) is 33.5. The number of halogens is 3. The number of piperazine rings is 1. The molecule has 256 valence electrons. The van der Waals surface area contributed by atoms with Crippen molar-refractivity contribution in [2.24, 2.45) is 5.92 Å². The number of nitrogens with zero attached hydrogens (tertiary/aromatic N) is 2. The summed E-state index contributed by atoms with van der Waals surface area (Å²) in [5.41, 5.74) is 5.04. The largest absolute Gasteiger partial charge is 0.496 e. The molecule has 2 N–H and O–H groups in total. The molecule has 4 atom stereocenters. The van der Waals surface area contributed by atoms with E-state index in [1.807, 2.05) is 23.1 Å². The van der Waals surface area contributed by atoms with Crippen LogP contribution in [0.25, 0.3) is 10.9 Å². The second kappa shape index (κ2) is 11.5. The Morgan fingerprint density at radius 2 is 1.90 bits per heavy atom. The molecule has 5 heterocycles. The molecule has 13 heteroatoms. The predicted molar refractivity (Wildman–Crippen MR) is 173 cm³/mol. The lowest BCUT2D eigenvalue weighted by atomic mass is 9.75. The number of fused-ring (bicyclic) bond motifs is 9. The molecule has 48 heavy (non-hydrogen) atoms. The molecule has 1 saturated carbocycles. The van der Waals surface area contributed by atoms with Crippen molar-refractivity contribution in [2.75, 3.05) is 26.0 Å². The third kappa shape index (κ3) is 5.37. The van der Waals surface area contributed by atoms with Crippen molar-refractivity contribution in [2.45, 2.75) is 88.0 Å². The van der Waals surface area contributed by atoms with Gasteiger partial charge in [0.1, 0.15) is 5.75 Å². The van der Waals surface area contributed by atoms with E-state index in [-0.39, 0.29) is 30.1 Å². The highest BCUT2D eigenvalue weighted by Crippen LogP contribution is 2.55. The fraction of sp³-hybridized carbons (Fsp3) is 0.543. The fourth-order valence-electron chi connectivity index (χ4n) is 9.14. The summed E-state index contributed by atoms with van der Waals surface area (Å²) in [5.74, 6) is -3.06. The molecule has 3 saturated heterocycles. The molecule has 2 amide bonds. The summed E-state index contributed by atoms with van der Waals surface area (Å²) in [4.78, 5) is 30.0. The predicted octanol–water partition coefficient (Wildman–Crippen LogP) is 4.95. The molecule has 1 aromatic heterocycles. The lowest BCUT2D eigenvalue weighted by molar-refractivity contribution is -0.142. The number of piperidine rings is 2. The normalized spacial score (nSPS) is 27.0. The monoisotopic (exact) mass is 684 g/mol. The third-order valence-corrected chi connectivity index (χ3v) is 12.5. The highest BCUT2D eigenvalue weighted by molar-refractivity contribution is 7.90. The number of alkyl halides is 3. The van der Waals surface area contributed by atoms with Crippen molar-refractivity contribution in [1.82, 2.24) is 19.5 Å². The van der Waals surface area contributed by atoms with E-state index >= 15 is 0 Å². The van der Waals surface area contributed by atoms with Crippen LogP contribution in [0.15, 0.2) is 52.6 Å². The first-order valence-corrected chi connectivity index (χ1v) is 18.6. The first-order valence-electron chi connectivity index (χ1n) is 16.9. The number of methoxy groups -OCH3 is 1. The van der Waals surface area contributed by atoms with Crippen LogP contribution in [0.5, 0.6) is 5.75 Å². The number of carbonyl (C=O) groups excluding carboxylic acids is 2. The number of carbonyl (C=O) groups is 2. The Balaban J connectivity index is 1.27. The van der Waals surface area contributed by atoms with Gasteiger partial charge in [0, 0.05) is 48.7 Å². The number of ether oxygens (including phenoxy) is 1. The minimum Gasteiger partial charge on any atom is -0.496 e. The minimum absolute atomic E-state index is 0.0535. The number of rotatable bonds is 6. The van der Waals surface area contributed by atoms with Crippen molar-refractivity contribution in [3.05, 3.63) is 63.9 Å². The Morgan fingerprint density at radius 1 is 1.10 bits per heavy atom. The van der Waals surface area contributed by atoms with E-state index in [0.29, 0.717) is 35.8 Å². The quantitative estimate of drug-likeness (QED) is 0.446. The molecule has 0 radical (unpaired) electrons. The maximum absolute atomic E-state index is 14.6. The molecular formula is C35H39F3N4O5S. The Bertz CT molecular complexity index is 1910. The minimum atomic E-state index is -5.00. The second-order valence-corrected chi connectivity index (χ2v) is 15.9. The van der Waals surface area contributed by atoms with Crippen molar-refractivity contribution < 1.29 is 35.9 Å². The molecule has 9 nitrogen and oxygen atoms in total. The Morgan fingerprint density at radius 3 is 2.56 bits per heavy atom. The van der Waals surface area contributed by atoms with Crippen LogP contribution in [-0.2, 0) is 26.2 Å². The summed E-state index contributed by atoms with van der Waals surface area (Å²) in [6.07, 6.45) is 6.83. The molecule has 1 aromatic carbocycles. The SMILES string of the molecule is COc1ccc(C2CCCCC2)c2c1cc1n2CC2=C(C(=O)NS(=O)(=O)CC(F)(F)F)C2=C2C=CC[C@@H](C(=O)N3CC4CCC3CN4)C21. The first kappa shape index (κ1) is 31.7. The molecule has 2 aromatic rings. The van der Waals surface area contributed by atoms with Gasteiger partial charge in [-0.25, -0.2) is 13.1 Å². The summed E-state index contributed by atoms with van der Waals surface area (Å²) in [7, 11) is -3.34. The number of amides is 2. The zero-order valence-corrected chi connectivity index (χ0v) is 27.6. The van der Waals surface area contributed by atoms with Gasteiger partial charge >= 0.3 is 6.18 Å². The highest BCUT2D eigenvalue weighted by atomic mass is 32.2. The summed E-state index contributed by atoms with van der Waals surface area (Å²) >= 11 is 0. The summed E-state index contributed by atoms with van der Waals surface area (Å²) in [6, 6.07) is 6.59. The number of sulfonamides is 1. The van der Waals surface area contributed by atoms with E-state index in [9.17, 15) is 31.2 Å². The van der Waals surface area contributed by atoms with Gasteiger partial charge in [-0.05, 0) is 72.4 Å². The molecule has 9 rings (SSSR count). The number of nitrogens with one attached hydrogen (secondary N) is 2. The molecule has 3 unspecified atom stereocenters. The van der Waals surface area contributed by atoms with Crippen LogP contribution >= 0.6 is 0 Å². The van der Waals surface area contributed by atoms with Gasteiger partial charge in [-0.1, -0.05) is 37.5 Å². The molecule has 4 aliphatic heterocycles. The smallest absolute Gasteiger partial charge is 0.404 e. The molecule has 7 aliphatic rings. The first-order chi connectivity index (χ1) is 22.9. The maximum Gasteiger partial charge on any atom is 0.404 e. The summed E-state index contributed by atoms with van der Waals surface area (Å²) < 4.78 is 73.5. The topological polar surface area (TPSA) is 110 Å². The Hall–Kier alpha value is -3.58. The van der Waals surface area contributed by atoms with Crippen LogP contribution in [0.2, 0.25) is 0 Å². The van der Waals surface area contributed by atoms with Gasteiger partial charge in [0.05, 0.1) is 24.1 Å². The van der Waals surface area contributed by atoms with Gasteiger partial charge in [0.15, 0.2) is 5.75 Å². The van der Waals surface area contributed by atoms with E-state index in [0.717, 1.165) is 67.2 Å². The Kier molecular flexibility index (Phi) is 7.59. The van der Waals surface area contributed by atoms with Crippen molar-refractivity contribution in [3.8, 4) is 5.75 Å². The van der Waals surface area contributed by atoms with E-state index < -0.39 is 39.7 Å². The van der Waals surface area contributed by atoms with Crippen LogP contribution in [0.3, 0.4) is 0 Å². The van der Waals surface area contributed by atoms with Gasteiger partial charge in [-0.2, -0.15) is 13.2 Å². The number of benzene rings is 1. The van der Waals surface area contributed by atoms with E-state index in [2.05, 4.69) is 22.0 Å². The molecule has 4 fully saturated rings. The highest BCUT2D eigenvalue weighted by Gasteiger charge is 2.50. The van der Waals surface area contributed by atoms with E-state index in [1.165, 1.54) is 12.0 Å². The fourth-order valence-corrected chi connectivity index (χ4v) is 10.0. The van der Waals surface area contributed by atoms with Gasteiger partial charge < -0.3 is 19.5 Å². The number of aromatic nitrogens is 1. The summed E-state index contributed by atoms with van der Waals surface area (Å²) in [5, 5.41) is 4.43. The number of hydrogen-bond donors (Lipinski definition) is 2.